The summed E-state index contributed by atoms with van der Waals surface area (Å²) >= 11 is 0. The standard InChI is InChI=1S/C19H27N7O2.HI/c1-4-20-19(21-11-14-6-5-7-16(10-14)26(27)28)22-15-8-9-17-23-18(13(2)3)24-25(17)12-15;/h5-7,10,13,15H,4,8-9,11-12H2,1-3H3,(H2,20,21,22);1H. The third kappa shape index (κ3) is 6.12. The van der Waals surface area contributed by atoms with Gasteiger partial charge in [0.2, 0.25) is 0 Å². The topological polar surface area (TPSA) is 110 Å². The fourth-order valence-corrected chi connectivity index (χ4v) is 3.14. The molecule has 2 heterocycles. The van der Waals surface area contributed by atoms with E-state index in [0.717, 1.165) is 43.1 Å². The van der Waals surface area contributed by atoms with Gasteiger partial charge in [0.1, 0.15) is 5.82 Å². The van der Waals surface area contributed by atoms with Crippen LogP contribution in [-0.2, 0) is 19.5 Å². The Kier molecular flexibility index (Phi) is 8.35. The first kappa shape index (κ1) is 23.0. The number of nitro benzene ring substituents is 1. The minimum absolute atomic E-state index is 0. The van der Waals surface area contributed by atoms with Gasteiger partial charge in [-0.05, 0) is 18.9 Å². The predicted octanol–water partition coefficient (Wildman–Crippen LogP) is 3.00. The molecule has 0 aliphatic carbocycles. The van der Waals surface area contributed by atoms with Crippen molar-refractivity contribution in [3.8, 4) is 0 Å². The van der Waals surface area contributed by atoms with Gasteiger partial charge in [-0.15, -0.1) is 24.0 Å². The van der Waals surface area contributed by atoms with Gasteiger partial charge >= 0.3 is 0 Å². The molecular weight excluding hydrogens is 485 g/mol. The fraction of sp³-hybridized carbons (Fsp3) is 0.526. The maximum absolute atomic E-state index is 10.9. The number of nitrogens with one attached hydrogen (secondary N) is 2. The normalized spacial score (nSPS) is 16.1. The molecule has 0 spiro atoms. The lowest BCUT2D eigenvalue weighted by Gasteiger charge is -2.25. The van der Waals surface area contributed by atoms with E-state index >= 15 is 0 Å². The summed E-state index contributed by atoms with van der Waals surface area (Å²) in [5, 5.41) is 22.3. The molecule has 1 aliphatic rings. The number of nitrogens with zero attached hydrogens (tertiary/aromatic N) is 5. The highest BCUT2D eigenvalue weighted by atomic mass is 127. The summed E-state index contributed by atoms with van der Waals surface area (Å²) in [5.41, 5.74) is 0.882. The van der Waals surface area contributed by atoms with Crippen molar-refractivity contribution in [3.63, 3.8) is 0 Å². The maximum Gasteiger partial charge on any atom is 0.269 e. The van der Waals surface area contributed by atoms with Crippen molar-refractivity contribution in [2.24, 2.45) is 4.99 Å². The second-order valence-corrected chi connectivity index (χ2v) is 7.23. The molecule has 0 amide bonds. The molecule has 0 fully saturated rings. The van der Waals surface area contributed by atoms with Crippen LogP contribution in [0.4, 0.5) is 5.69 Å². The van der Waals surface area contributed by atoms with Crippen LogP contribution in [0.15, 0.2) is 29.3 Å². The van der Waals surface area contributed by atoms with E-state index in [1.807, 2.05) is 17.7 Å². The summed E-state index contributed by atoms with van der Waals surface area (Å²) in [7, 11) is 0. The van der Waals surface area contributed by atoms with E-state index in [-0.39, 0.29) is 40.6 Å². The van der Waals surface area contributed by atoms with Crippen LogP contribution in [0.5, 0.6) is 0 Å². The van der Waals surface area contributed by atoms with Gasteiger partial charge in [-0.2, -0.15) is 5.10 Å². The average Bonchev–Trinajstić information content (AvgIpc) is 3.10. The molecule has 9 nitrogen and oxygen atoms in total. The molecule has 3 rings (SSSR count). The van der Waals surface area contributed by atoms with Gasteiger partial charge in [0.25, 0.3) is 5.69 Å². The van der Waals surface area contributed by atoms with Gasteiger partial charge in [0.05, 0.1) is 18.0 Å². The first-order chi connectivity index (χ1) is 13.5. The molecule has 158 valence electrons. The van der Waals surface area contributed by atoms with Gasteiger partial charge in [0, 0.05) is 37.1 Å². The van der Waals surface area contributed by atoms with Crippen LogP contribution >= 0.6 is 24.0 Å². The average molecular weight is 513 g/mol. The lowest BCUT2D eigenvalue weighted by atomic mass is 10.1. The van der Waals surface area contributed by atoms with E-state index in [2.05, 4.69) is 39.6 Å². The number of non-ortho nitro benzene ring substituents is 1. The first-order valence-corrected chi connectivity index (χ1v) is 9.68. The van der Waals surface area contributed by atoms with Crippen LogP contribution in [-0.4, -0.2) is 38.2 Å². The number of nitro groups is 1. The van der Waals surface area contributed by atoms with Crippen molar-refractivity contribution in [1.29, 1.82) is 0 Å². The highest BCUT2D eigenvalue weighted by molar-refractivity contribution is 14.0. The number of rotatable bonds is 6. The zero-order chi connectivity index (χ0) is 20.1. The Morgan fingerprint density at radius 1 is 1.45 bits per heavy atom. The molecule has 1 aromatic carbocycles. The highest BCUT2D eigenvalue weighted by Crippen LogP contribution is 2.17. The third-order valence-electron chi connectivity index (χ3n) is 4.62. The molecule has 1 atom stereocenters. The van der Waals surface area contributed by atoms with E-state index in [1.165, 1.54) is 6.07 Å². The summed E-state index contributed by atoms with van der Waals surface area (Å²) in [6, 6.07) is 6.78. The maximum atomic E-state index is 10.9. The molecule has 0 saturated heterocycles. The van der Waals surface area contributed by atoms with Gasteiger partial charge in [-0.1, -0.05) is 26.0 Å². The Morgan fingerprint density at radius 3 is 2.93 bits per heavy atom. The van der Waals surface area contributed by atoms with Gasteiger partial charge in [0.15, 0.2) is 11.8 Å². The number of halogens is 1. The number of benzene rings is 1. The molecule has 1 aromatic heterocycles. The highest BCUT2D eigenvalue weighted by Gasteiger charge is 2.23. The Hall–Kier alpha value is -2.24. The smallest absolute Gasteiger partial charge is 0.269 e. The lowest BCUT2D eigenvalue weighted by Crippen LogP contribution is -2.47. The Bertz CT molecular complexity index is 866. The van der Waals surface area contributed by atoms with E-state index in [0.29, 0.717) is 18.4 Å². The van der Waals surface area contributed by atoms with Gasteiger partial charge in [-0.3, -0.25) is 10.1 Å². The zero-order valence-corrected chi connectivity index (χ0v) is 19.3. The van der Waals surface area contributed by atoms with Crippen LogP contribution in [0.3, 0.4) is 0 Å². The second kappa shape index (κ2) is 10.5. The van der Waals surface area contributed by atoms with Crippen LogP contribution in [0, 0.1) is 10.1 Å². The first-order valence-electron chi connectivity index (χ1n) is 9.68. The van der Waals surface area contributed by atoms with Crippen LogP contribution in [0.1, 0.15) is 50.3 Å². The van der Waals surface area contributed by atoms with Crippen molar-refractivity contribution >= 4 is 35.6 Å². The number of aryl methyl sites for hydroxylation is 1. The van der Waals surface area contributed by atoms with E-state index in [4.69, 9.17) is 0 Å². The number of fused-ring (bicyclic) bond motifs is 1. The van der Waals surface area contributed by atoms with Crippen molar-refractivity contribution < 1.29 is 4.92 Å². The number of hydrogen-bond acceptors (Lipinski definition) is 5. The summed E-state index contributed by atoms with van der Waals surface area (Å²) in [5.74, 6) is 2.95. The SMILES string of the molecule is CCNC(=NCc1cccc([N+](=O)[O-])c1)NC1CCc2nc(C(C)C)nn2C1.I. The Labute approximate surface area is 187 Å². The quantitative estimate of drug-likeness (QED) is 0.202. The summed E-state index contributed by atoms with van der Waals surface area (Å²) in [6.07, 6.45) is 1.83. The summed E-state index contributed by atoms with van der Waals surface area (Å²) in [4.78, 5) is 19.8. The van der Waals surface area contributed by atoms with Gasteiger partial charge < -0.3 is 10.6 Å². The monoisotopic (exact) mass is 513 g/mol. The summed E-state index contributed by atoms with van der Waals surface area (Å²) < 4.78 is 1.99. The van der Waals surface area contributed by atoms with Crippen LogP contribution < -0.4 is 10.6 Å². The number of aromatic nitrogens is 3. The van der Waals surface area contributed by atoms with E-state index in [9.17, 15) is 10.1 Å². The second-order valence-electron chi connectivity index (χ2n) is 7.23. The van der Waals surface area contributed by atoms with Crippen molar-refractivity contribution in [1.82, 2.24) is 25.4 Å². The van der Waals surface area contributed by atoms with Crippen molar-refractivity contribution in [2.45, 2.75) is 58.7 Å². The zero-order valence-electron chi connectivity index (χ0n) is 17.0. The molecule has 0 bridgehead atoms. The fourth-order valence-electron chi connectivity index (χ4n) is 3.14. The molecule has 2 aromatic rings. The molecule has 0 radical (unpaired) electrons. The Morgan fingerprint density at radius 2 is 2.24 bits per heavy atom. The van der Waals surface area contributed by atoms with Crippen LogP contribution in [0.25, 0.3) is 0 Å². The largest absolute Gasteiger partial charge is 0.357 e. The molecule has 29 heavy (non-hydrogen) atoms. The minimum atomic E-state index is -0.389. The lowest BCUT2D eigenvalue weighted by molar-refractivity contribution is -0.384. The van der Waals surface area contributed by atoms with Crippen molar-refractivity contribution in [2.75, 3.05) is 6.54 Å². The minimum Gasteiger partial charge on any atom is -0.357 e. The number of guanidine groups is 1. The molecule has 2 N–H and O–H groups in total. The number of hydrogen-bond donors (Lipinski definition) is 2. The molecule has 10 heteroatoms. The van der Waals surface area contributed by atoms with Gasteiger partial charge in [-0.25, -0.2) is 14.7 Å². The molecule has 1 unspecified atom stereocenters. The van der Waals surface area contributed by atoms with Crippen molar-refractivity contribution in [3.05, 3.63) is 51.6 Å². The third-order valence-corrected chi connectivity index (χ3v) is 4.62. The predicted molar refractivity (Wildman–Crippen MR) is 123 cm³/mol. The summed E-state index contributed by atoms with van der Waals surface area (Å²) in [6.45, 7) is 8.06. The molecule has 1 aliphatic heterocycles. The number of aliphatic imine (C=N–C) groups is 1. The molecule has 0 saturated carbocycles. The molecular formula is C19H28IN7O2. The van der Waals surface area contributed by atoms with E-state index in [1.54, 1.807) is 12.1 Å². The van der Waals surface area contributed by atoms with Crippen LogP contribution in [0.2, 0.25) is 0 Å². The Balaban J connectivity index is 0.00000300. The van der Waals surface area contributed by atoms with E-state index < -0.39 is 0 Å².